The number of hydrogen-bond donors (Lipinski definition) is 0. The number of aromatic nitrogens is 2. The molecule has 0 radical (unpaired) electrons. The molecular formula is C17H11Cl3N4OS. The fraction of sp³-hybridized carbons (Fsp3) is 0.0588. The maximum Gasteiger partial charge on any atom is 0.233 e. The molecule has 0 atom stereocenters. The van der Waals surface area contributed by atoms with Gasteiger partial charge in [0.2, 0.25) is 4.80 Å². The number of hydrogen-bond acceptors (Lipinski definition) is 5. The van der Waals surface area contributed by atoms with Crippen LogP contribution >= 0.6 is 46.1 Å². The highest BCUT2D eigenvalue weighted by atomic mass is 35.5. The lowest BCUT2D eigenvalue weighted by Crippen LogP contribution is -2.14. The normalized spacial score (nSPS) is 12.1. The first-order valence-corrected chi connectivity index (χ1v) is 9.28. The molecule has 26 heavy (non-hydrogen) atoms. The average Bonchev–Trinajstić information content (AvgIpc) is 3.01. The Morgan fingerprint density at radius 2 is 1.81 bits per heavy atom. The zero-order valence-electron chi connectivity index (χ0n) is 13.4. The number of halogens is 3. The summed E-state index contributed by atoms with van der Waals surface area (Å²) < 4.78 is 1.47. The summed E-state index contributed by atoms with van der Waals surface area (Å²) in [5.74, 6) is -0.169. The molecule has 132 valence electrons. The Hall–Kier alpha value is -1.99. The van der Waals surface area contributed by atoms with E-state index in [2.05, 4.69) is 15.3 Å². The van der Waals surface area contributed by atoms with Crippen LogP contribution in [0.4, 0.5) is 0 Å². The van der Waals surface area contributed by atoms with Crippen molar-refractivity contribution in [2.45, 2.75) is 6.92 Å². The van der Waals surface area contributed by atoms with Gasteiger partial charge >= 0.3 is 0 Å². The molecule has 2 aromatic carbocycles. The summed E-state index contributed by atoms with van der Waals surface area (Å²) >= 11 is 19.2. The van der Waals surface area contributed by atoms with E-state index in [0.717, 1.165) is 16.9 Å². The number of nitrogens with zero attached hydrogens (tertiary/aromatic N) is 4. The second kappa shape index (κ2) is 8.14. The standard InChI is InChI=1S/C17H11Cl3N4OS/c1-10(25)16-23-24(15-7-6-13(19)8-14(15)20)17(26-16)22-21-9-11-2-4-12(18)5-3-11/h2-9H,1H3/b21-9+,22-17-. The third kappa shape index (κ3) is 4.40. The topological polar surface area (TPSA) is 59.6 Å². The first-order valence-electron chi connectivity index (χ1n) is 7.33. The van der Waals surface area contributed by atoms with Gasteiger partial charge in [0.1, 0.15) is 0 Å². The van der Waals surface area contributed by atoms with Crippen molar-refractivity contribution in [3.8, 4) is 5.69 Å². The third-order valence-electron chi connectivity index (χ3n) is 3.22. The van der Waals surface area contributed by atoms with Gasteiger partial charge in [-0.25, -0.2) is 4.68 Å². The molecule has 0 unspecified atom stereocenters. The molecule has 0 bridgehead atoms. The van der Waals surface area contributed by atoms with E-state index in [1.165, 1.54) is 11.6 Å². The summed E-state index contributed by atoms with van der Waals surface area (Å²) in [5, 5.41) is 14.4. The Bertz CT molecular complexity index is 1050. The summed E-state index contributed by atoms with van der Waals surface area (Å²) in [6.07, 6.45) is 1.58. The third-order valence-corrected chi connectivity index (χ3v) is 5.01. The van der Waals surface area contributed by atoms with E-state index in [9.17, 15) is 4.79 Å². The van der Waals surface area contributed by atoms with Crippen molar-refractivity contribution in [1.29, 1.82) is 0 Å². The van der Waals surface area contributed by atoms with Gasteiger partial charge in [0.05, 0.1) is 16.9 Å². The van der Waals surface area contributed by atoms with Crippen LogP contribution in [0, 0.1) is 0 Å². The number of rotatable bonds is 4. The van der Waals surface area contributed by atoms with Gasteiger partial charge in [0.25, 0.3) is 0 Å². The van der Waals surface area contributed by atoms with Crippen molar-refractivity contribution in [3.63, 3.8) is 0 Å². The van der Waals surface area contributed by atoms with E-state index in [0.29, 0.717) is 30.6 Å². The molecule has 9 heteroatoms. The summed E-state index contributed by atoms with van der Waals surface area (Å²) in [4.78, 5) is 12.1. The van der Waals surface area contributed by atoms with E-state index < -0.39 is 0 Å². The molecule has 3 aromatic rings. The molecule has 0 saturated heterocycles. The zero-order chi connectivity index (χ0) is 18.7. The lowest BCUT2D eigenvalue weighted by atomic mass is 10.2. The summed E-state index contributed by atoms with van der Waals surface area (Å²) in [6.45, 7) is 1.44. The highest BCUT2D eigenvalue weighted by Gasteiger charge is 2.13. The molecule has 0 aliphatic heterocycles. The van der Waals surface area contributed by atoms with Gasteiger partial charge < -0.3 is 0 Å². The first kappa shape index (κ1) is 18.8. The minimum atomic E-state index is -0.169. The molecule has 3 rings (SSSR count). The summed E-state index contributed by atoms with van der Waals surface area (Å²) in [5.41, 5.74) is 1.39. The van der Waals surface area contributed by atoms with Crippen molar-refractivity contribution in [1.82, 2.24) is 9.78 Å². The second-order valence-corrected chi connectivity index (χ2v) is 7.39. The van der Waals surface area contributed by atoms with E-state index in [-0.39, 0.29) is 5.78 Å². The Balaban J connectivity index is 2.05. The summed E-state index contributed by atoms with van der Waals surface area (Å²) in [6, 6.07) is 12.1. The van der Waals surface area contributed by atoms with Gasteiger partial charge in [-0.1, -0.05) is 58.3 Å². The van der Waals surface area contributed by atoms with Crippen LogP contribution in [0.3, 0.4) is 0 Å². The largest absolute Gasteiger partial charge is 0.292 e. The molecule has 0 spiro atoms. The van der Waals surface area contributed by atoms with Gasteiger partial charge in [-0.2, -0.15) is 10.2 Å². The number of carbonyl (C=O) groups excluding carboxylic acids is 1. The molecule has 0 aliphatic carbocycles. The van der Waals surface area contributed by atoms with Crippen LogP contribution in [0.25, 0.3) is 5.69 Å². The Morgan fingerprint density at radius 3 is 2.46 bits per heavy atom. The highest BCUT2D eigenvalue weighted by Crippen LogP contribution is 2.23. The van der Waals surface area contributed by atoms with Crippen molar-refractivity contribution in [2.24, 2.45) is 10.2 Å². The summed E-state index contributed by atoms with van der Waals surface area (Å²) in [7, 11) is 0. The van der Waals surface area contributed by atoms with Crippen LogP contribution in [0.15, 0.2) is 52.7 Å². The van der Waals surface area contributed by atoms with Crippen molar-refractivity contribution >= 4 is 58.1 Å². The monoisotopic (exact) mass is 424 g/mol. The quantitative estimate of drug-likeness (QED) is 0.334. The lowest BCUT2D eigenvalue weighted by Gasteiger charge is -2.03. The fourth-order valence-corrected chi connectivity index (χ4v) is 3.36. The minimum absolute atomic E-state index is 0.169. The molecule has 1 aromatic heterocycles. The van der Waals surface area contributed by atoms with Gasteiger partial charge in [-0.05, 0) is 35.9 Å². The van der Waals surface area contributed by atoms with Crippen LogP contribution in [-0.4, -0.2) is 21.8 Å². The van der Waals surface area contributed by atoms with Crippen molar-refractivity contribution in [3.05, 3.63) is 72.9 Å². The van der Waals surface area contributed by atoms with Crippen molar-refractivity contribution < 1.29 is 4.79 Å². The number of benzene rings is 2. The van der Waals surface area contributed by atoms with Crippen LogP contribution in [0.2, 0.25) is 15.1 Å². The number of ketones is 1. The fourth-order valence-electron chi connectivity index (χ4n) is 1.99. The Morgan fingerprint density at radius 1 is 1.12 bits per heavy atom. The van der Waals surface area contributed by atoms with E-state index >= 15 is 0 Å². The number of carbonyl (C=O) groups is 1. The molecule has 0 amide bonds. The van der Waals surface area contributed by atoms with Crippen LogP contribution < -0.4 is 4.80 Å². The van der Waals surface area contributed by atoms with Crippen LogP contribution in [0.5, 0.6) is 0 Å². The molecule has 0 saturated carbocycles. The maximum absolute atomic E-state index is 11.7. The lowest BCUT2D eigenvalue weighted by molar-refractivity contribution is 0.101. The SMILES string of the molecule is CC(=O)c1nn(-c2ccc(Cl)cc2Cl)/c(=N/N=C/c2ccc(Cl)cc2)s1. The molecule has 5 nitrogen and oxygen atoms in total. The predicted octanol–water partition coefficient (Wildman–Crippen LogP) is 5.03. The molecule has 0 aliphatic rings. The first-order chi connectivity index (χ1) is 12.4. The van der Waals surface area contributed by atoms with Gasteiger partial charge in [-0.3, -0.25) is 4.79 Å². The molecule has 0 fully saturated rings. The smallest absolute Gasteiger partial charge is 0.233 e. The second-order valence-electron chi connectivity index (χ2n) is 5.15. The van der Waals surface area contributed by atoms with Crippen molar-refractivity contribution in [2.75, 3.05) is 0 Å². The number of Topliss-reactive ketones (excluding diaryl/α,β-unsaturated/α-hetero) is 1. The Kier molecular flexibility index (Phi) is 5.88. The molecule has 0 N–H and O–H groups in total. The van der Waals surface area contributed by atoms with E-state index in [1.807, 2.05) is 12.1 Å². The Labute approximate surface area is 168 Å². The predicted molar refractivity (Wildman–Crippen MR) is 106 cm³/mol. The average molecular weight is 426 g/mol. The molecule has 1 heterocycles. The maximum atomic E-state index is 11.7. The zero-order valence-corrected chi connectivity index (χ0v) is 16.4. The minimum Gasteiger partial charge on any atom is -0.292 e. The molecular weight excluding hydrogens is 415 g/mol. The van der Waals surface area contributed by atoms with Gasteiger partial charge in [0.15, 0.2) is 10.8 Å². The van der Waals surface area contributed by atoms with E-state index in [1.54, 1.807) is 36.5 Å². The highest BCUT2D eigenvalue weighted by molar-refractivity contribution is 7.11. The van der Waals surface area contributed by atoms with Gasteiger partial charge in [0, 0.05) is 17.0 Å². The van der Waals surface area contributed by atoms with Gasteiger partial charge in [-0.15, -0.1) is 5.10 Å². The van der Waals surface area contributed by atoms with E-state index in [4.69, 9.17) is 34.8 Å². The van der Waals surface area contributed by atoms with Crippen LogP contribution in [0.1, 0.15) is 22.3 Å². The van der Waals surface area contributed by atoms with Crippen LogP contribution in [-0.2, 0) is 0 Å².